The fraction of sp³-hybridized carbons (Fsp3) is 0.625. The van der Waals surface area contributed by atoms with Crippen molar-refractivity contribution in [3.63, 3.8) is 0 Å². The van der Waals surface area contributed by atoms with Gasteiger partial charge in [0.1, 0.15) is 0 Å². The molecule has 1 unspecified atom stereocenters. The van der Waals surface area contributed by atoms with E-state index < -0.39 is 0 Å². The van der Waals surface area contributed by atoms with Gasteiger partial charge in [0.2, 0.25) is 0 Å². The van der Waals surface area contributed by atoms with Crippen LogP contribution in [0.25, 0.3) is 0 Å². The summed E-state index contributed by atoms with van der Waals surface area (Å²) in [5.41, 5.74) is 7.13. The van der Waals surface area contributed by atoms with E-state index in [4.69, 9.17) is 11.6 Å². The Morgan fingerprint density at radius 2 is 1.47 bits per heavy atom. The molecule has 0 bridgehead atoms. The van der Waals surface area contributed by atoms with Gasteiger partial charge in [0, 0.05) is 5.88 Å². The molecule has 0 aliphatic carbocycles. The van der Waals surface area contributed by atoms with E-state index in [2.05, 4.69) is 47.6 Å². The fourth-order valence-electron chi connectivity index (χ4n) is 2.69. The molecule has 1 rings (SSSR count). The molecule has 0 nitrogen and oxygen atoms in total. The van der Waals surface area contributed by atoms with Crippen molar-refractivity contribution in [3.8, 4) is 0 Å². The topological polar surface area (TPSA) is 0 Å². The van der Waals surface area contributed by atoms with Crippen LogP contribution < -0.4 is 0 Å². The van der Waals surface area contributed by atoms with Gasteiger partial charge in [-0.05, 0) is 73.8 Å². The van der Waals surface area contributed by atoms with Crippen molar-refractivity contribution in [1.82, 2.24) is 0 Å². The van der Waals surface area contributed by atoms with Gasteiger partial charge in [-0.2, -0.15) is 0 Å². The van der Waals surface area contributed by atoms with Gasteiger partial charge in [0.05, 0.1) is 0 Å². The van der Waals surface area contributed by atoms with Crippen LogP contribution in [0.15, 0.2) is 6.07 Å². The first-order chi connectivity index (χ1) is 7.88. The minimum absolute atomic E-state index is 0.496. The molecular formula is C16H25Cl. The van der Waals surface area contributed by atoms with Crippen LogP contribution in [-0.4, -0.2) is 5.88 Å². The summed E-state index contributed by atoms with van der Waals surface area (Å²) in [5.74, 6) is 1.91. The van der Waals surface area contributed by atoms with E-state index in [1.54, 1.807) is 0 Å². The van der Waals surface area contributed by atoms with Crippen molar-refractivity contribution in [2.45, 2.75) is 53.9 Å². The molecular weight excluding hydrogens is 228 g/mol. The average molecular weight is 253 g/mol. The third kappa shape index (κ3) is 3.25. The molecule has 1 atom stereocenters. The highest BCUT2D eigenvalue weighted by molar-refractivity contribution is 6.18. The lowest BCUT2D eigenvalue weighted by molar-refractivity contribution is 0.523. The fourth-order valence-corrected chi connectivity index (χ4v) is 2.97. The number of alkyl halides is 1. The summed E-state index contributed by atoms with van der Waals surface area (Å²) in [4.78, 5) is 0. The number of benzene rings is 1. The third-order valence-corrected chi connectivity index (χ3v) is 4.15. The summed E-state index contributed by atoms with van der Waals surface area (Å²) >= 11 is 6.19. The maximum Gasteiger partial charge on any atom is 0.0292 e. The molecule has 1 heteroatoms. The Kier molecular flexibility index (Phi) is 5.06. The van der Waals surface area contributed by atoms with E-state index in [-0.39, 0.29) is 0 Å². The molecule has 0 saturated carbocycles. The van der Waals surface area contributed by atoms with Crippen LogP contribution in [0.5, 0.6) is 0 Å². The Balaban J connectivity index is 3.27. The molecule has 1 aromatic rings. The third-order valence-electron chi connectivity index (χ3n) is 3.77. The first-order valence-electron chi connectivity index (χ1n) is 6.51. The number of hydrogen-bond donors (Lipinski definition) is 0. The minimum atomic E-state index is 0.496. The number of rotatable bonds is 4. The molecule has 0 heterocycles. The zero-order valence-electron chi connectivity index (χ0n) is 12.0. The predicted octanol–water partition coefficient (Wildman–Crippen LogP) is 5.29. The standard InChI is InChI=1S/C16H25Cl/c1-10(2)7-15(9-17)16-13(5)11(3)8-12(4)14(16)6/h8,10,15H,7,9H2,1-6H3. The van der Waals surface area contributed by atoms with Gasteiger partial charge in [0.15, 0.2) is 0 Å². The summed E-state index contributed by atoms with van der Waals surface area (Å²) in [7, 11) is 0. The first-order valence-corrected chi connectivity index (χ1v) is 7.05. The zero-order chi connectivity index (χ0) is 13.2. The predicted molar refractivity (Wildman–Crippen MR) is 78.3 cm³/mol. The smallest absolute Gasteiger partial charge is 0.0292 e. The molecule has 0 saturated heterocycles. The van der Waals surface area contributed by atoms with Crippen LogP contribution >= 0.6 is 11.6 Å². The van der Waals surface area contributed by atoms with Crippen LogP contribution in [-0.2, 0) is 0 Å². The number of aryl methyl sites for hydroxylation is 2. The lowest BCUT2D eigenvalue weighted by Crippen LogP contribution is -2.10. The zero-order valence-corrected chi connectivity index (χ0v) is 12.8. The van der Waals surface area contributed by atoms with Crippen LogP contribution in [0.2, 0.25) is 0 Å². The molecule has 0 aromatic heterocycles. The Bertz CT molecular complexity index is 365. The normalized spacial score (nSPS) is 13.2. The van der Waals surface area contributed by atoms with Crippen molar-refractivity contribution >= 4 is 11.6 Å². The van der Waals surface area contributed by atoms with E-state index >= 15 is 0 Å². The first kappa shape index (κ1) is 14.6. The molecule has 0 fully saturated rings. The maximum absolute atomic E-state index is 6.19. The van der Waals surface area contributed by atoms with Crippen molar-refractivity contribution in [2.24, 2.45) is 5.92 Å². The van der Waals surface area contributed by atoms with E-state index in [1.165, 1.54) is 34.2 Å². The van der Waals surface area contributed by atoms with Crippen LogP contribution in [0.4, 0.5) is 0 Å². The highest BCUT2D eigenvalue weighted by Gasteiger charge is 2.18. The molecule has 0 radical (unpaired) electrons. The summed E-state index contributed by atoms with van der Waals surface area (Å²) < 4.78 is 0. The summed E-state index contributed by atoms with van der Waals surface area (Å²) in [6, 6.07) is 2.29. The Hall–Kier alpha value is -0.490. The van der Waals surface area contributed by atoms with Gasteiger partial charge in [-0.1, -0.05) is 19.9 Å². The summed E-state index contributed by atoms with van der Waals surface area (Å²) in [5, 5.41) is 0. The summed E-state index contributed by atoms with van der Waals surface area (Å²) in [6.07, 6.45) is 1.17. The Morgan fingerprint density at radius 1 is 1.00 bits per heavy atom. The van der Waals surface area contributed by atoms with Crippen molar-refractivity contribution < 1.29 is 0 Å². The Morgan fingerprint density at radius 3 is 1.82 bits per heavy atom. The van der Waals surface area contributed by atoms with E-state index in [1.807, 2.05) is 0 Å². The van der Waals surface area contributed by atoms with Gasteiger partial charge in [-0.25, -0.2) is 0 Å². The molecule has 0 aliphatic heterocycles. The second kappa shape index (κ2) is 5.91. The molecule has 1 aromatic carbocycles. The molecule has 0 spiro atoms. The van der Waals surface area contributed by atoms with Crippen molar-refractivity contribution in [2.75, 3.05) is 5.88 Å². The van der Waals surface area contributed by atoms with Crippen molar-refractivity contribution in [1.29, 1.82) is 0 Å². The van der Waals surface area contributed by atoms with Gasteiger partial charge in [0.25, 0.3) is 0 Å². The van der Waals surface area contributed by atoms with E-state index in [0.29, 0.717) is 11.8 Å². The molecule has 0 amide bonds. The van der Waals surface area contributed by atoms with Gasteiger partial charge in [-0.15, -0.1) is 11.6 Å². The van der Waals surface area contributed by atoms with Crippen LogP contribution in [0.1, 0.15) is 54.0 Å². The van der Waals surface area contributed by atoms with Crippen LogP contribution in [0.3, 0.4) is 0 Å². The Labute approximate surface area is 111 Å². The second-order valence-corrected chi connectivity index (χ2v) is 5.96. The van der Waals surface area contributed by atoms with Gasteiger partial charge in [-0.3, -0.25) is 0 Å². The second-order valence-electron chi connectivity index (χ2n) is 5.65. The highest BCUT2D eigenvalue weighted by atomic mass is 35.5. The largest absolute Gasteiger partial charge is 0.126 e. The lowest BCUT2D eigenvalue weighted by Gasteiger charge is -2.24. The number of hydrogen-bond acceptors (Lipinski definition) is 0. The number of halogens is 1. The summed E-state index contributed by atoms with van der Waals surface area (Å²) in [6.45, 7) is 13.4. The van der Waals surface area contributed by atoms with Crippen molar-refractivity contribution in [3.05, 3.63) is 33.9 Å². The minimum Gasteiger partial charge on any atom is -0.126 e. The van der Waals surface area contributed by atoms with Crippen LogP contribution in [0, 0.1) is 33.6 Å². The molecule has 0 aliphatic rings. The van der Waals surface area contributed by atoms with Gasteiger partial charge >= 0.3 is 0 Å². The van der Waals surface area contributed by atoms with E-state index in [0.717, 1.165) is 5.88 Å². The lowest BCUT2D eigenvalue weighted by atomic mass is 9.83. The molecule has 0 N–H and O–H groups in total. The maximum atomic E-state index is 6.19. The van der Waals surface area contributed by atoms with E-state index in [9.17, 15) is 0 Å². The monoisotopic (exact) mass is 252 g/mol. The SMILES string of the molecule is Cc1cc(C)c(C)c(C(CCl)CC(C)C)c1C. The average Bonchev–Trinajstić information content (AvgIpc) is 2.24. The quantitative estimate of drug-likeness (QED) is 0.639. The molecule has 96 valence electrons. The van der Waals surface area contributed by atoms with Gasteiger partial charge < -0.3 is 0 Å². The molecule has 17 heavy (non-hydrogen) atoms. The highest BCUT2D eigenvalue weighted by Crippen LogP contribution is 2.33.